The Morgan fingerprint density at radius 1 is 1.38 bits per heavy atom. The highest BCUT2D eigenvalue weighted by atomic mass is 32.1. The van der Waals surface area contributed by atoms with Gasteiger partial charge in [0.15, 0.2) is 5.96 Å². The van der Waals surface area contributed by atoms with Crippen LogP contribution in [0.2, 0.25) is 0 Å². The molecule has 0 spiro atoms. The molecule has 2 aliphatic heterocycles. The second kappa shape index (κ2) is 8.83. The molecule has 0 amide bonds. The van der Waals surface area contributed by atoms with Gasteiger partial charge in [-0.25, -0.2) is 0 Å². The van der Waals surface area contributed by atoms with Gasteiger partial charge in [0.25, 0.3) is 0 Å². The highest BCUT2D eigenvalue weighted by Gasteiger charge is 2.31. The van der Waals surface area contributed by atoms with Gasteiger partial charge >= 0.3 is 0 Å². The van der Waals surface area contributed by atoms with Crippen LogP contribution in [-0.2, 0) is 4.74 Å². The van der Waals surface area contributed by atoms with Crippen molar-refractivity contribution < 1.29 is 4.74 Å². The summed E-state index contributed by atoms with van der Waals surface area (Å²) in [5.41, 5.74) is 0. The Morgan fingerprint density at radius 3 is 2.96 bits per heavy atom. The molecular weight excluding hydrogens is 320 g/mol. The van der Waals surface area contributed by atoms with E-state index < -0.39 is 0 Å². The average Bonchev–Trinajstić information content (AvgIpc) is 3.29. The maximum atomic E-state index is 5.44. The Balaban J connectivity index is 1.52. The quantitative estimate of drug-likeness (QED) is 0.632. The number of guanidine groups is 1. The number of thiophene rings is 1. The zero-order valence-electron chi connectivity index (χ0n) is 14.8. The minimum absolute atomic E-state index is 0.521. The number of hydrogen-bond acceptors (Lipinski definition) is 4. The van der Waals surface area contributed by atoms with Gasteiger partial charge in [-0.05, 0) is 50.2 Å². The maximum absolute atomic E-state index is 5.44. The first-order chi connectivity index (χ1) is 11.8. The summed E-state index contributed by atoms with van der Waals surface area (Å²) in [5.74, 6) is 2.15. The highest BCUT2D eigenvalue weighted by Crippen LogP contribution is 2.36. The van der Waals surface area contributed by atoms with E-state index in [0.717, 1.165) is 38.7 Å². The second-order valence-electron chi connectivity index (χ2n) is 6.91. The number of ether oxygens (including phenoxy) is 1. The standard InChI is InChI=1S/C18H30N4OS/c1-19-18(20-11-14-7-9-23-13-14)21-12-15-5-3-8-22(2)17(15)16-6-4-10-24-16/h4,6,10,14-15,17H,3,5,7-9,11-13H2,1-2H3,(H2,19,20,21). The number of nitrogens with zero attached hydrogens (tertiary/aromatic N) is 2. The molecule has 2 fully saturated rings. The molecule has 2 saturated heterocycles. The normalized spacial score (nSPS) is 28.9. The zero-order chi connectivity index (χ0) is 16.8. The topological polar surface area (TPSA) is 48.9 Å². The predicted molar refractivity (Wildman–Crippen MR) is 101 cm³/mol. The Labute approximate surface area is 149 Å². The fourth-order valence-electron chi connectivity index (χ4n) is 3.82. The van der Waals surface area contributed by atoms with Gasteiger partial charge in [0.1, 0.15) is 0 Å². The maximum Gasteiger partial charge on any atom is 0.190 e. The van der Waals surface area contributed by atoms with Crippen LogP contribution in [0.25, 0.3) is 0 Å². The van der Waals surface area contributed by atoms with Crippen LogP contribution in [0.15, 0.2) is 22.5 Å². The molecule has 0 saturated carbocycles. The lowest BCUT2D eigenvalue weighted by Gasteiger charge is -2.39. The summed E-state index contributed by atoms with van der Waals surface area (Å²) in [4.78, 5) is 8.37. The molecule has 0 bridgehead atoms. The van der Waals surface area contributed by atoms with E-state index >= 15 is 0 Å². The van der Waals surface area contributed by atoms with E-state index in [-0.39, 0.29) is 0 Å². The number of piperidine rings is 1. The summed E-state index contributed by atoms with van der Waals surface area (Å²) in [6.45, 7) is 4.87. The fraction of sp³-hybridized carbons (Fsp3) is 0.722. The smallest absolute Gasteiger partial charge is 0.190 e. The van der Waals surface area contributed by atoms with Gasteiger partial charge in [0, 0.05) is 43.6 Å². The van der Waals surface area contributed by atoms with E-state index in [1.54, 1.807) is 0 Å². The molecule has 2 aliphatic rings. The van der Waals surface area contributed by atoms with Gasteiger partial charge < -0.3 is 15.4 Å². The van der Waals surface area contributed by atoms with Crippen molar-refractivity contribution in [2.24, 2.45) is 16.8 Å². The van der Waals surface area contributed by atoms with Gasteiger partial charge in [0.2, 0.25) is 0 Å². The summed E-state index contributed by atoms with van der Waals surface area (Å²) < 4.78 is 5.44. The van der Waals surface area contributed by atoms with Crippen LogP contribution in [0.1, 0.15) is 30.2 Å². The molecule has 5 nitrogen and oxygen atoms in total. The summed E-state index contributed by atoms with van der Waals surface area (Å²) in [6.07, 6.45) is 3.70. The third kappa shape index (κ3) is 4.49. The minimum Gasteiger partial charge on any atom is -0.381 e. The molecule has 24 heavy (non-hydrogen) atoms. The monoisotopic (exact) mass is 350 g/mol. The molecule has 134 valence electrons. The fourth-order valence-corrected chi connectivity index (χ4v) is 4.80. The molecule has 3 atom stereocenters. The van der Waals surface area contributed by atoms with Gasteiger partial charge in [-0.15, -0.1) is 11.3 Å². The van der Waals surface area contributed by atoms with Gasteiger partial charge in [-0.2, -0.15) is 0 Å². The van der Waals surface area contributed by atoms with Gasteiger partial charge in [-0.3, -0.25) is 9.89 Å². The number of nitrogens with one attached hydrogen (secondary N) is 2. The molecule has 0 aliphatic carbocycles. The lowest BCUT2D eigenvalue weighted by atomic mass is 9.88. The van der Waals surface area contributed by atoms with Crippen LogP contribution < -0.4 is 10.6 Å². The van der Waals surface area contributed by atoms with Crippen molar-refractivity contribution >= 4 is 17.3 Å². The number of rotatable bonds is 5. The van der Waals surface area contributed by atoms with Crippen molar-refractivity contribution in [3.05, 3.63) is 22.4 Å². The molecule has 1 aromatic rings. The Bertz CT molecular complexity index is 513. The largest absolute Gasteiger partial charge is 0.381 e. The van der Waals surface area contributed by atoms with Crippen LogP contribution in [0.4, 0.5) is 0 Å². The van der Waals surface area contributed by atoms with Crippen molar-refractivity contribution in [2.45, 2.75) is 25.3 Å². The average molecular weight is 351 g/mol. The Morgan fingerprint density at radius 2 is 2.25 bits per heavy atom. The summed E-state index contributed by atoms with van der Waals surface area (Å²) in [6, 6.07) is 4.96. The van der Waals surface area contributed by atoms with Gasteiger partial charge in [0.05, 0.1) is 6.61 Å². The van der Waals surface area contributed by atoms with E-state index in [2.05, 4.69) is 45.1 Å². The molecule has 3 unspecified atom stereocenters. The summed E-state index contributed by atoms with van der Waals surface area (Å²) in [5, 5.41) is 9.20. The molecule has 3 rings (SSSR count). The van der Waals surface area contributed by atoms with Gasteiger partial charge in [-0.1, -0.05) is 6.07 Å². The predicted octanol–water partition coefficient (Wildman–Crippen LogP) is 2.33. The van der Waals surface area contributed by atoms with Crippen molar-refractivity contribution in [3.8, 4) is 0 Å². The van der Waals surface area contributed by atoms with Crippen molar-refractivity contribution in [1.82, 2.24) is 15.5 Å². The summed E-state index contributed by atoms with van der Waals surface area (Å²) >= 11 is 1.87. The van der Waals surface area contributed by atoms with Crippen LogP contribution in [0.5, 0.6) is 0 Å². The van der Waals surface area contributed by atoms with E-state index in [1.807, 2.05) is 18.4 Å². The van der Waals surface area contributed by atoms with E-state index in [0.29, 0.717) is 17.9 Å². The second-order valence-corrected chi connectivity index (χ2v) is 7.89. The van der Waals surface area contributed by atoms with Crippen LogP contribution in [0, 0.1) is 11.8 Å². The summed E-state index contributed by atoms with van der Waals surface area (Å²) in [7, 11) is 4.11. The molecular formula is C18H30N4OS. The highest BCUT2D eigenvalue weighted by molar-refractivity contribution is 7.10. The SMILES string of the molecule is CN=C(NCC1CCOC1)NCC1CCCN(C)C1c1cccs1. The first kappa shape index (κ1) is 17.7. The Kier molecular flexibility index (Phi) is 6.51. The molecule has 2 N–H and O–H groups in total. The molecule has 1 aromatic heterocycles. The third-order valence-electron chi connectivity index (χ3n) is 5.18. The number of hydrogen-bond donors (Lipinski definition) is 2. The number of aliphatic imine (C=N–C) groups is 1. The molecule has 0 radical (unpaired) electrons. The van der Waals surface area contributed by atoms with E-state index in [4.69, 9.17) is 4.74 Å². The van der Waals surface area contributed by atoms with E-state index in [9.17, 15) is 0 Å². The van der Waals surface area contributed by atoms with Crippen molar-refractivity contribution in [3.63, 3.8) is 0 Å². The lowest BCUT2D eigenvalue weighted by molar-refractivity contribution is 0.125. The number of likely N-dealkylation sites (tertiary alicyclic amines) is 1. The molecule has 3 heterocycles. The van der Waals surface area contributed by atoms with E-state index in [1.165, 1.54) is 24.3 Å². The minimum atomic E-state index is 0.521. The zero-order valence-corrected chi connectivity index (χ0v) is 15.6. The lowest BCUT2D eigenvalue weighted by Crippen LogP contribution is -2.45. The van der Waals surface area contributed by atoms with Crippen molar-refractivity contribution in [2.75, 3.05) is 46.9 Å². The van der Waals surface area contributed by atoms with Crippen LogP contribution >= 0.6 is 11.3 Å². The third-order valence-corrected chi connectivity index (χ3v) is 6.12. The molecule has 0 aromatic carbocycles. The Hall–Kier alpha value is -1.11. The van der Waals surface area contributed by atoms with Crippen molar-refractivity contribution in [1.29, 1.82) is 0 Å². The molecule has 6 heteroatoms. The van der Waals surface area contributed by atoms with Crippen LogP contribution in [0.3, 0.4) is 0 Å². The first-order valence-electron chi connectivity index (χ1n) is 9.04. The first-order valence-corrected chi connectivity index (χ1v) is 9.91. The van der Waals surface area contributed by atoms with Crippen LogP contribution in [-0.4, -0.2) is 57.8 Å².